The second kappa shape index (κ2) is 12.1. The van der Waals surface area contributed by atoms with Crippen LogP contribution in [-0.4, -0.2) is 36.4 Å². The molecule has 1 N–H and O–H groups in total. The van der Waals surface area contributed by atoms with Crippen molar-refractivity contribution in [2.75, 3.05) is 13.2 Å². The van der Waals surface area contributed by atoms with Crippen molar-refractivity contribution in [1.29, 1.82) is 0 Å². The summed E-state index contributed by atoms with van der Waals surface area (Å²) >= 11 is 0. The Kier molecular flexibility index (Phi) is 10.9. The van der Waals surface area contributed by atoms with E-state index in [1.54, 1.807) is 0 Å². The van der Waals surface area contributed by atoms with E-state index in [0.717, 1.165) is 12.8 Å². The normalized spacial score (nSPS) is 9.00. The number of esters is 2. The molecule has 0 radical (unpaired) electrons. The summed E-state index contributed by atoms with van der Waals surface area (Å²) in [5, 5.41) is 9.44. The van der Waals surface area contributed by atoms with Crippen LogP contribution in [0.4, 0.5) is 0 Å². The first-order valence-electron chi connectivity index (χ1n) is 6.59. The van der Waals surface area contributed by atoms with E-state index in [4.69, 9.17) is 9.47 Å². The minimum absolute atomic E-state index is 0.269. The summed E-state index contributed by atoms with van der Waals surface area (Å²) in [5.41, 5.74) is 0. The molecule has 5 heteroatoms. The molecule has 110 valence electrons. The van der Waals surface area contributed by atoms with Crippen molar-refractivity contribution >= 4 is 11.9 Å². The summed E-state index contributed by atoms with van der Waals surface area (Å²) in [6.45, 7) is 3.35. The molecule has 0 saturated carbocycles. The molecule has 0 rings (SSSR count). The SMILES string of the molecule is CCCC#CC(=O)OCC(O)COC(=O)C#CCCC. The zero-order valence-corrected chi connectivity index (χ0v) is 11.9. The maximum atomic E-state index is 11.1. The number of ether oxygens (including phenoxy) is 2. The third-order valence-corrected chi connectivity index (χ3v) is 1.94. The lowest BCUT2D eigenvalue weighted by Crippen LogP contribution is -2.24. The van der Waals surface area contributed by atoms with Gasteiger partial charge in [0, 0.05) is 24.7 Å². The van der Waals surface area contributed by atoms with Gasteiger partial charge in [-0.1, -0.05) is 25.7 Å². The van der Waals surface area contributed by atoms with Gasteiger partial charge in [-0.25, -0.2) is 9.59 Å². The van der Waals surface area contributed by atoms with E-state index in [1.807, 2.05) is 13.8 Å². The highest BCUT2D eigenvalue weighted by Crippen LogP contribution is 1.90. The first kappa shape index (κ1) is 18.0. The average molecular weight is 280 g/mol. The predicted octanol–water partition coefficient (Wildman–Crippen LogP) is 1.04. The van der Waals surface area contributed by atoms with Gasteiger partial charge in [0.15, 0.2) is 0 Å². The monoisotopic (exact) mass is 280 g/mol. The third-order valence-electron chi connectivity index (χ3n) is 1.94. The topological polar surface area (TPSA) is 72.8 Å². The smallest absolute Gasteiger partial charge is 0.384 e. The molecule has 5 nitrogen and oxygen atoms in total. The van der Waals surface area contributed by atoms with Crippen LogP contribution in [0.3, 0.4) is 0 Å². The lowest BCUT2D eigenvalue weighted by atomic mass is 10.3. The van der Waals surface area contributed by atoms with Crippen LogP contribution in [0.25, 0.3) is 0 Å². The number of hydrogen-bond acceptors (Lipinski definition) is 5. The Hall–Kier alpha value is -1.98. The maximum Gasteiger partial charge on any atom is 0.384 e. The van der Waals surface area contributed by atoms with Crippen LogP contribution >= 0.6 is 0 Å². The summed E-state index contributed by atoms with van der Waals surface area (Å²) in [6.07, 6.45) is 1.87. The van der Waals surface area contributed by atoms with Crippen LogP contribution in [0.5, 0.6) is 0 Å². The number of unbranched alkanes of at least 4 members (excludes halogenated alkanes) is 2. The Morgan fingerprint density at radius 2 is 1.35 bits per heavy atom. The van der Waals surface area contributed by atoms with Crippen LogP contribution in [-0.2, 0) is 19.1 Å². The maximum absolute atomic E-state index is 11.1. The fourth-order valence-corrected chi connectivity index (χ4v) is 0.983. The number of hydrogen-bond donors (Lipinski definition) is 1. The fraction of sp³-hybridized carbons (Fsp3) is 0.600. The molecule has 0 aromatic rings. The Labute approximate surface area is 119 Å². The minimum Gasteiger partial charge on any atom is -0.453 e. The lowest BCUT2D eigenvalue weighted by Gasteiger charge is -2.08. The Morgan fingerprint density at radius 1 is 0.950 bits per heavy atom. The zero-order chi connectivity index (χ0) is 15.2. The van der Waals surface area contributed by atoms with Crippen molar-refractivity contribution in [3.05, 3.63) is 0 Å². The molecule has 0 atom stereocenters. The summed E-state index contributed by atoms with van der Waals surface area (Å²) in [6, 6.07) is 0. The van der Waals surface area contributed by atoms with E-state index in [0.29, 0.717) is 12.8 Å². The van der Waals surface area contributed by atoms with Crippen molar-refractivity contribution < 1.29 is 24.2 Å². The molecule has 0 aliphatic rings. The van der Waals surface area contributed by atoms with Crippen LogP contribution in [0.15, 0.2) is 0 Å². The van der Waals surface area contributed by atoms with Gasteiger partial charge in [0.25, 0.3) is 0 Å². The van der Waals surface area contributed by atoms with Crippen molar-refractivity contribution in [2.24, 2.45) is 0 Å². The van der Waals surface area contributed by atoms with Crippen LogP contribution in [0, 0.1) is 23.7 Å². The zero-order valence-electron chi connectivity index (χ0n) is 11.9. The number of rotatable bonds is 6. The minimum atomic E-state index is -1.08. The van der Waals surface area contributed by atoms with Gasteiger partial charge < -0.3 is 14.6 Å². The summed E-state index contributed by atoms with van der Waals surface area (Å²) in [5.74, 6) is 8.42. The molecule has 0 aromatic heterocycles. The Bertz CT molecular complexity index is 379. The predicted molar refractivity (Wildman–Crippen MR) is 73.3 cm³/mol. The molecule has 0 aliphatic carbocycles. The average Bonchev–Trinajstić information content (AvgIpc) is 2.43. The van der Waals surface area contributed by atoms with E-state index in [1.165, 1.54) is 0 Å². The van der Waals surface area contributed by atoms with Gasteiger partial charge >= 0.3 is 11.9 Å². The molecule has 0 aliphatic heterocycles. The van der Waals surface area contributed by atoms with Crippen molar-refractivity contribution in [3.8, 4) is 23.7 Å². The first-order valence-corrected chi connectivity index (χ1v) is 6.59. The summed E-state index contributed by atoms with van der Waals surface area (Å²) in [7, 11) is 0. The summed E-state index contributed by atoms with van der Waals surface area (Å²) < 4.78 is 9.38. The second-order valence-electron chi connectivity index (χ2n) is 3.95. The molecule has 0 aromatic carbocycles. The number of carbonyl (C=O) groups excluding carboxylic acids is 2. The van der Waals surface area contributed by atoms with Crippen LogP contribution in [0.2, 0.25) is 0 Å². The molecule has 0 saturated heterocycles. The first-order chi connectivity index (χ1) is 9.60. The molecule has 0 spiro atoms. The lowest BCUT2D eigenvalue weighted by molar-refractivity contribution is -0.145. The van der Waals surface area contributed by atoms with Crippen molar-refractivity contribution in [2.45, 2.75) is 45.6 Å². The van der Waals surface area contributed by atoms with Gasteiger partial charge in [0.2, 0.25) is 0 Å². The van der Waals surface area contributed by atoms with Crippen molar-refractivity contribution in [3.63, 3.8) is 0 Å². The van der Waals surface area contributed by atoms with E-state index in [-0.39, 0.29) is 13.2 Å². The molecular formula is C15H20O5. The van der Waals surface area contributed by atoms with Crippen LogP contribution < -0.4 is 0 Å². The largest absolute Gasteiger partial charge is 0.453 e. The number of aliphatic hydroxyl groups excluding tert-OH is 1. The second-order valence-corrected chi connectivity index (χ2v) is 3.95. The van der Waals surface area contributed by atoms with Gasteiger partial charge in [-0.3, -0.25) is 0 Å². The van der Waals surface area contributed by atoms with E-state index in [2.05, 4.69) is 23.7 Å². The highest BCUT2D eigenvalue weighted by Gasteiger charge is 2.09. The standard InChI is InChI=1S/C15H20O5/c1-3-5-7-9-14(17)19-11-13(16)12-20-15(18)10-8-6-4-2/h13,16H,3-6,11-12H2,1-2H3. The van der Waals surface area contributed by atoms with Gasteiger partial charge in [0.1, 0.15) is 19.3 Å². The van der Waals surface area contributed by atoms with E-state index < -0.39 is 18.0 Å². The van der Waals surface area contributed by atoms with E-state index >= 15 is 0 Å². The summed E-state index contributed by atoms with van der Waals surface area (Å²) in [4.78, 5) is 22.2. The molecule has 0 unspecified atom stereocenters. The Morgan fingerprint density at radius 3 is 1.70 bits per heavy atom. The third kappa shape index (κ3) is 11.1. The highest BCUT2D eigenvalue weighted by molar-refractivity contribution is 5.88. The highest BCUT2D eigenvalue weighted by atomic mass is 16.6. The fourth-order valence-electron chi connectivity index (χ4n) is 0.983. The van der Waals surface area contributed by atoms with Crippen molar-refractivity contribution in [1.82, 2.24) is 0 Å². The molecule has 20 heavy (non-hydrogen) atoms. The molecule has 0 heterocycles. The number of aliphatic hydroxyl groups is 1. The molecule has 0 fully saturated rings. The van der Waals surface area contributed by atoms with Gasteiger partial charge in [-0.05, 0) is 12.8 Å². The van der Waals surface area contributed by atoms with Gasteiger partial charge in [0.05, 0.1) is 0 Å². The molecular weight excluding hydrogens is 260 g/mol. The van der Waals surface area contributed by atoms with Gasteiger partial charge in [-0.2, -0.15) is 0 Å². The quantitative estimate of drug-likeness (QED) is 0.447. The molecule has 0 amide bonds. The Balaban J connectivity index is 3.82. The molecule has 0 bridgehead atoms. The number of carbonyl (C=O) groups is 2. The van der Waals surface area contributed by atoms with Crippen LogP contribution in [0.1, 0.15) is 39.5 Å². The van der Waals surface area contributed by atoms with E-state index in [9.17, 15) is 14.7 Å². The van der Waals surface area contributed by atoms with Gasteiger partial charge in [-0.15, -0.1) is 0 Å².